The van der Waals surface area contributed by atoms with Crippen LogP contribution < -0.4 is 5.32 Å². The molecule has 0 spiro atoms. The Morgan fingerprint density at radius 1 is 1.55 bits per heavy atom. The second-order valence-electron chi connectivity index (χ2n) is 3.31. The molecule has 1 fully saturated rings. The minimum Gasteiger partial charge on any atom is -0.465 e. The highest BCUT2D eigenvalue weighted by molar-refractivity contribution is 5.13. The Morgan fingerprint density at radius 2 is 2.36 bits per heavy atom. The fourth-order valence-corrected chi connectivity index (χ4v) is 1.47. The molecular weight excluding hydrogens is 138 g/mol. The van der Waals surface area contributed by atoms with Crippen molar-refractivity contribution in [2.45, 2.75) is 19.9 Å². The zero-order chi connectivity index (χ0) is 7.84. The minimum atomic E-state index is 0.462. The molecule has 1 N–H and O–H groups in total. The van der Waals surface area contributed by atoms with Gasteiger partial charge in [0.25, 0.3) is 0 Å². The van der Waals surface area contributed by atoms with Gasteiger partial charge in [0.2, 0.25) is 0 Å². The van der Waals surface area contributed by atoms with E-state index in [9.17, 15) is 0 Å². The van der Waals surface area contributed by atoms with Crippen LogP contribution in [-0.4, -0.2) is 6.54 Å². The van der Waals surface area contributed by atoms with Crippen LogP contribution in [0.5, 0.6) is 0 Å². The molecule has 1 aliphatic heterocycles. The van der Waals surface area contributed by atoms with Crippen LogP contribution in [0.1, 0.15) is 24.5 Å². The van der Waals surface area contributed by atoms with E-state index in [4.69, 9.17) is 4.42 Å². The van der Waals surface area contributed by atoms with E-state index in [0.29, 0.717) is 6.04 Å². The lowest BCUT2D eigenvalue weighted by Crippen LogP contribution is -2.43. The van der Waals surface area contributed by atoms with Crippen LogP contribution >= 0.6 is 0 Å². The van der Waals surface area contributed by atoms with Gasteiger partial charge < -0.3 is 9.73 Å². The standard InChI is InChI=1S/C9H13NO/c1-6-5-10-9(6)8-4-3-7(2)11-8/h3-4,6,9-10H,5H2,1-2H3. The summed E-state index contributed by atoms with van der Waals surface area (Å²) in [6.07, 6.45) is 0. The average Bonchev–Trinajstić information content (AvgIpc) is 2.33. The van der Waals surface area contributed by atoms with Gasteiger partial charge in [-0.2, -0.15) is 0 Å². The highest BCUT2D eigenvalue weighted by atomic mass is 16.3. The van der Waals surface area contributed by atoms with Crippen LogP contribution in [0.15, 0.2) is 16.5 Å². The van der Waals surface area contributed by atoms with Crippen LogP contribution in [0.4, 0.5) is 0 Å². The minimum absolute atomic E-state index is 0.462. The Kier molecular flexibility index (Phi) is 1.50. The molecule has 0 amide bonds. The summed E-state index contributed by atoms with van der Waals surface area (Å²) in [7, 11) is 0. The summed E-state index contributed by atoms with van der Waals surface area (Å²) in [5.74, 6) is 2.81. The molecule has 1 aliphatic rings. The van der Waals surface area contributed by atoms with E-state index in [1.54, 1.807) is 0 Å². The van der Waals surface area contributed by atoms with Crippen LogP contribution in [0.25, 0.3) is 0 Å². The maximum atomic E-state index is 5.50. The highest BCUT2D eigenvalue weighted by Crippen LogP contribution is 2.29. The lowest BCUT2D eigenvalue weighted by Gasteiger charge is -2.33. The van der Waals surface area contributed by atoms with Crippen molar-refractivity contribution in [3.63, 3.8) is 0 Å². The number of hydrogen-bond acceptors (Lipinski definition) is 2. The Hall–Kier alpha value is -0.760. The van der Waals surface area contributed by atoms with Gasteiger partial charge in [-0.25, -0.2) is 0 Å². The van der Waals surface area contributed by atoms with Gasteiger partial charge in [-0.05, 0) is 25.0 Å². The molecule has 2 unspecified atom stereocenters. The van der Waals surface area contributed by atoms with Crippen molar-refractivity contribution < 1.29 is 4.42 Å². The molecule has 0 bridgehead atoms. The lowest BCUT2D eigenvalue weighted by atomic mass is 9.92. The van der Waals surface area contributed by atoms with Gasteiger partial charge in [0.15, 0.2) is 0 Å². The number of hydrogen-bond donors (Lipinski definition) is 1. The first-order chi connectivity index (χ1) is 5.27. The van der Waals surface area contributed by atoms with Crippen LogP contribution in [-0.2, 0) is 0 Å². The molecule has 1 saturated heterocycles. The summed E-state index contributed by atoms with van der Waals surface area (Å²) in [5, 5.41) is 3.33. The summed E-state index contributed by atoms with van der Waals surface area (Å²) < 4.78 is 5.50. The molecule has 11 heavy (non-hydrogen) atoms. The first-order valence-electron chi connectivity index (χ1n) is 4.07. The molecule has 1 aromatic heterocycles. The molecule has 0 aliphatic carbocycles. The highest BCUT2D eigenvalue weighted by Gasteiger charge is 2.29. The molecule has 0 aromatic carbocycles. The van der Waals surface area contributed by atoms with Crippen molar-refractivity contribution in [2.75, 3.05) is 6.54 Å². The average molecular weight is 151 g/mol. The van der Waals surface area contributed by atoms with Gasteiger partial charge in [0.1, 0.15) is 11.5 Å². The Bertz CT molecular complexity index is 254. The topological polar surface area (TPSA) is 25.2 Å². The van der Waals surface area contributed by atoms with E-state index >= 15 is 0 Å². The van der Waals surface area contributed by atoms with Crippen molar-refractivity contribution in [3.05, 3.63) is 23.7 Å². The summed E-state index contributed by atoms with van der Waals surface area (Å²) in [4.78, 5) is 0. The molecule has 60 valence electrons. The zero-order valence-electron chi connectivity index (χ0n) is 6.92. The van der Waals surface area contributed by atoms with E-state index in [1.807, 2.05) is 13.0 Å². The van der Waals surface area contributed by atoms with Gasteiger partial charge in [0.05, 0.1) is 6.04 Å². The van der Waals surface area contributed by atoms with Crippen LogP contribution in [0.2, 0.25) is 0 Å². The first kappa shape index (κ1) is 6.92. The van der Waals surface area contributed by atoms with Gasteiger partial charge in [-0.3, -0.25) is 0 Å². The van der Waals surface area contributed by atoms with Gasteiger partial charge >= 0.3 is 0 Å². The third-order valence-electron chi connectivity index (χ3n) is 2.30. The summed E-state index contributed by atoms with van der Waals surface area (Å²) in [5.41, 5.74) is 0. The SMILES string of the molecule is Cc1ccc(C2NCC2C)o1. The van der Waals surface area contributed by atoms with Crippen molar-refractivity contribution in [2.24, 2.45) is 5.92 Å². The molecular formula is C9H13NO. The van der Waals surface area contributed by atoms with Crippen molar-refractivity contribution in [1.29, 1.82) is 0 Å². The van der Waals surface area contributed by atoms with Gasteiger partial charge in [-0.15, -0.1) is 0 Å². The molecule has 1 aromatic rings. The molecule has 0 saturated carbocycles. The molecule has 0 radical (unpaired) electrons. The largest absolute Gasteiger partial charge is 0.465 e. The van der Waals surface area contributed by atoms with E-state index in [-0.39, 0.29) is 0 Å². The maximum absolute atomic E-state index is 5.50. The molecule has 2 nitrogen and oxygen atoms in total. The quantitative estimate of drug-likeness (QED) is 0.662. The number of rotatable bonds is 1. The summed E-state index contributed by atoms with van der Waals surface area (Å²) >= 11 is 0. The van der Waals surface area contributed by atoms with Crippen molar-refractivity contribution in [1.82, 2.24) is 5.32 Å². The maximum Gasteiger partial charge on any atom is 0.121 e. The molecule has 2 atom stereocenters. The number of nitrogens with one attached hydrogen (secondary N) is 1. The number of aryl methyl sites for hydroxylation is 1. The van der Waals surface area contributed by atoms with Gasteiger partial charge in [-0.1, -0.05) is 6.92 Å². The molecule has 2 rings (SSSR count). The fraction of sp³-hybridized carbons (Fsp3) is 0.556. The monoisotopic (exact) mass is 151 g/mol. The third kappa shape index (κ3) is 1.07. The smallest absolute Gasteiger partial charge is 0.121 e. The fourth-order valence-electron chi connectivity index (χ4n) is 1.47. The predicted molar refractivity (Wildman–Crippen MR) is 43.4 cm³/mol. The van der Waals surface area contributed by atoms with E-state index in [1.165, 1.54) is 0 Å². The van der Waals surface area contributed by atoms with Crippen molar-refractivity contribution >= 4 is 0 Å². The van der Waals surface area contributed by atoms with Crippen molar-refractivity contribution in [3.8, 4) is 0 Å². The Balaban J connectivity index is 2.16. The normalized spacial score (nSPS) is 30.0. The van der Waals surface area contributed by atoms with Crippen LogP contribution in [0.3, 0.4) is 0 Å². The summed E-state index contributed by atoms with van der Waals surface area (Å²) in [6, 6.07) is 4.54. The van der Waals surface area contributed by atoms with Crippen LogP contribution in [0, 0.1) is 12.8 Å². The second kappa shape index (κ2) is 2.38. The van der Waals surface area contributed by atoms with E-state index < -0.39 is 0 Å². The lowest BCUT2D eigenvalue weighted by molar-refractivity contribution is 0.220. The Morgan fingerprint density at radius 3 is 2.73 bits per heavy atom. The predicted octanol–water partition coefficient (Wildman–Crippen LogP) is 1.87. The molecule has 2 heterocycles. The molecule has 2 heteroatoms. The Labute approximate surface area is 66.6 Å². The third-order valence-corrected chi connectivity index (χ3v) is 2.30. The van der Waals surface area contributed by atoms with Gasteiger partial charge in [0, 0.05) is 6.54 Å². The first-order valence-corrected chi connectivity index (χ1v) is 4.07. The second-order valence-corrected chi connectivity index (χ2v) is 3.31. The number of furan rings is 1. The van der Waals surface area contributed by atoms with E-state index in [2.05, 4.69) is 18.3 Å². The van der Waals surface area contributed by atoms with E-state index in [0.717, 1.165) is 24.0 Å². The zero-order valence-corrected chi connectivity index (χ0v) is 6.92. The summed E-state index contributed by atoms with van der Waals surface area (Å²) in [6.45, 7) is 5.33.